The smallest absolute Gasteiger partial charge is 0.0690 e. The van der Waals surface area contributed by atoms with E-state index in [1.807, 2.05) is 60.7 Å². The Hall–Kier alpha value is -2.62. The fraction of sp³-hybridized carbons (Fsp3) is 0. The monoisotopic (exact) mass is 238 g/mol. The maximum absolute atomic E-state index is 3.42. The molecular weight excluding hydrogens is 224 g/mol. The van der Waals surface area contributed by atoms with E-state index < -0.39 is 0 Å². The number of anilines is 2. The Bertz CT molecular complexity index is 466. The van der Waals surface area contributed by atoms with E-state index >= 15 is 0 Å². The molecule has 0 bridgehead atoms. The summed E-state index contributed by atoms with van der Waals surface area (Å²) in [4.78, 5) is 0. The Morgan fingerprint density at radius 1 is 0.778 bits per heavy atom. The summed E-state index contributed by atoms with van der Waals surface area (Å²) in [6, 6.07) is 20.3. The van der Waals surface area contributed by atoms with Crippen LogP contribution in [0.5, 0.6) is 0 Å². The maximum atomic E-state index is 3.42. The van der Waals surface area contributed by atoms with E-state index in [1.165, 1.54) is 0 Å². The lowest BCUT2D eigenvalue weighted by Crippen LogP contribution is -1.87. The number of H-pyrrole nitrogens is 1. The van der Waals surface area contributed by atoms with E-state index in [0.717, 1.165) is 11.4 Å². The number of hydrogen-bond donors (Lipinski definition) is 2. The van der Waals surface area contributed by atoms with Gasteiger partial charge in [0.2, 0.25) is 0 Å². The Labute approximate surface area is 106 Å². The summed E-state index contributed by atoms with van der Waals surface area (Å²) < 4.78 is 0. The number of nitrogens with zero attached hydrogens (tertiary/aromatic N) is 2. The predicted molar refractivity (Wildman–Crippen MR) is 72.5 cm³/mol. The zero-order valence-electron chi connectivity index (χ0n) is 9.82. The first kappa shape index (κ1) is 11.9. The van der Waals surface area contributed by atoms with Crippen molar-refractivity contribution in [2.75, 3.05) is 5.32 Å². The van der Waals surface area contributed by atoms with Crippen molar-refractivity contribution >= 4 is 11.4 Å². The lowest BCUT2D eigenvalue weighted by atomic mass is 10.3. The molecule has 0 fully saturated rings. The van der Waals surface area contributed by atoms with Crippen LogP contribution < -0.4 is 5.32 Å². The number of aromatic amines is 1. The molecule has 0 amide bonds. The minimum absolute atomic E-state index is 1.12. The van der Waals surface area contributed by atoms with Crippen molar-refractivity contribution in [3.63, 3.8) is 0 Å². The lowest BCUT2D eigenvalue weighted by Gasteiger charge is -2.04. The summed E-state index contributed by atoms with van der Waals surface area (Å²) in [5, 5.41) is 12.6. The van der Waals surface area contributed by atoms with E-state index in [9.17, 15) is 0 Å². The normalized spacial score (nSPS) is 9.11. The highest BCUT2D eigenvalue weighted by molar-refractivity contribution is 5.58. The van der Waals surface area contributed by atoms with E-state index in [1.54, 1.807) is 12.4 Å². The third-order valence-corrected chi connectivity index (χ3v) is 2.17. The minimum atomic E-state index is 1.12. The molecule has 1 heterocycles. The zero-order valence-corrected chi connectivity index (χ0v) is 9.82. The topological polar surface area (TPSA) is 53.6 Å². The fourth-order valence-electron chi connectivity index (χ4n) is 1.38. The number of nitrogens with one attached hydrogen (secondary N) is 2. The summed E-state index contributed by atoms with van der Waals surface area (Å²) >= 11 is 0. The van der Waals surface area contributed by atoms with E-state index in [2.05, 4.69) is 20.7 Å². The van der Waals surface area contributed by atoms with Gasteiger partial charge in [-0.1, -0.05) is 41.6 Å². The first-order valence-corrected chi connectivity index (χ1v) is 5.63. The maximum Gasteiger partial charge on any atom is 0.0690 e. The third kappa shape index (κ3) is 4.09. The van der Waals surface area contributed by atoms with Crippen molar-refractivity contribution in [1.82, 2.24) is 15.4 Å². The number of para-hydroxylation sites is 2. The molecule has 90 valence electrons. The number of benzene rings is 2. The average molecular weight is 238 g/mol. The van der Waals surface area contributed by atoms with E-state index in [0.29, 0.717) is 0 Å². The Balaban J connectivity index is 0.000000202. The molecule has 4 heteroatoms. The summed E-state index contributed by atoms with van der Waals surface area (Å²) in [5.74, 6) is 0. The van der Waals surface area contributed by atoms with Gasteiger partial charge in [-0.15, -0.1) is 5.10 Å². The van der Waals surface area contributed by atoms with Gasteiger partial charge in [-0.3, -0.25) is 5.10 Å². The number of hydrogen-bond acceptors (Lipinski definition) is 3. The molecule has 3 aromatic rings. The van der Waals surface area contributed by atoms with E-state index in [4.69, 9.17) is 0 Å². The molecule has 0 spiro atoms. The van der Waals surface area contributed by atoms with Gasteiger partial charge >= 0.3 is 0 Å². The van der Waals surface area contributed by atoms with Crippen LogP contribution in [0.2, 0.25) is 0 Å². The van der Waals surface area contributed by atoms with Gasteiger partial charge in [0.15, 0.2) is 0 Å². The van der Waals surface area contributed by atoms with Crippen molar-refractivity contribution in [2.45, 2.75) is 0 Å². The molecule has 0 atom stereocenters. The van der Waals surface area contributed by atoms with Gasteiger partial charge in [-0.25, -0.2) is 0 Å². The van der Waals surface area contributed by atoms with E-state index in [-0.39, 0.29) is 0 Å². The number of aromatic nitrogens is 3. The predicted octanol–water partition coefficient (Wildman–Crippen LogP) is 3.23. The van der Waals surface area contributed by atoms with Crippen molar-refractivity contribution < 1.29 is 0 Å². The molecule has 0 radical (unpaired) electrons. The average Bonchev–Trinajstić information content (AvgIpc) is 3.00. The van der Waals surface area contributed by atoms with Gasteiger partial charge in [-0.05, 0) is 24.3 Å². The molecule has 0 saturated heterocycles. The Kier molecular flexibility index (Phi) is 4.51. The van der Waals surface area contributed by atoms with Gasteiger partial charge in [0.25, 0.3) is 0 Å². The van der Waals surface area contributed by atoms with Gasteiger partial charge in [0.1, 0.15) is 0 Å². The zero-order chi connectivity index (χ0) is 12.5. The quantitative estimate of drug-likeness (QED) is 0.720. The highest BCUT2D eigenvalue weighted by Crippen LogP contribution is 2.14. The van der Waals surface area contributed by atoms with Crippen LogP contribution in [0.3, 0.4) is 0 Å². The van der Waals surface area contributed by atoms with Gasteiger partial charge in [0.05, 0.1) is 6.20 Å². The molecule has 0 aliphatic carbocycles. The van der Waals surface area contributed by atoms with Crippen LogP contribution in [0.25, 0.3) is 0 Å². The third-order valence-electron chi connectivity index (χ3n) is 2.17. The SMILES string of the molecule is c1c[nH]nn1.c1ccc(Nc2ccccc2)cc1. The van der Waals surface area contributed by atoms with Crippen molar-refractivity contribution in [3.05, 3.63) is 73.1 Å². The van der Waals surface area contributed by atoms with Crippen LogP contribution in [-0.4, -0.2) is 15.4 Å². The first-order valence-electron chi connectivity index (χ1n) is 5.63. The molecule has 0 aliphatic rings. The molecular formula is C14H14N4. The molecule has 2 aromatic carbocycles. The second kappa shape index (κ2) is 6.85. The summed E-state index contributed by atoms with van der Waals surface area (Å²) in [7, 11) is 0. The van der Waals surface area contributed by atoms with Gasteiger partial charge in [0, 0.05) is 17.6 Å². The number of rotatable bonds is 2. The first-order chi connectivity index (χ1) is 8.95. The van der Waals surface area contributed by atoms with Crippen LogP contribution in [0.1, 0.15) is 0 Å². The van der Waals surface area contributed by atoms with Gasteiger partial charge in [-0.2, -0.15) is 0 Å². The lowest BCUT2D eigenvalue weighted by molar-refractivity contribution is 0.940. The second-order valence-electron chi connectivity index (χ2n) is 3.52. The van der Waals surface area contributed by atoms with Crippen molar-refractivity contribution in [1.29, 1.82) is 0 Å². The molecule has 18 heavy (non-hydrogen) atoms. The molecule has 3 rings (SSSR count). The Morgan fingerprint density at radius 3 is 1.67 bits per heavy atom. The molecule has 4 nitrogen and oxygen atoms in total. The van der Waals surface area contributed by atoms with Gasteiger partial charge < -0.3 is 5.32 Å². The van der Waals surface area contributed by atoms with Crippen LogP contribution in [0, 0.1) is 0 Å². The largest absolute Gasteiger partial charge is 0.356 e. The van der Waals surface area contributed by atoms with Crippen LogP contribution in [-0.2, 0) is 0 Å². The highest BCUT2D eigenvalue weighted by atomic mass is 15.3. The Morgan fingerprint density at radius 2 is 1.33 bits per heavy atom. The van der Waals surface area contributed by atoms with Crippen LogP contribution >= 0.6 is 0 Å². The fourth-order valence-corrected chi connectivity index (χ4v) is 1.38. The minimum Gasteiger partial charge on any atom is -0.356 e. The second-order valence-corrected chi connectivity index (χ2v) is 3.52. The summed E-state index contributed by atoms with van der Waals surface area (Å²) in [5.41, 5.74) is 2.24. The molecule has 0 saturated carbocycles. The summed E-state index contributed by atoms with van der Waals surface area (Å²) in [6.45, 7) is 0. The highest BCUT2D eigenvalue weighted by Gasteiger charge is 1.89. The summed E-state index contributed by atoms with van der Waals surface area (Å²) in [6.07, 6.45) is 3.24. The van der Waals surface area contributed by atoms with Crippen LogP contribution in [0.15, 0.2) is 73.1 Å². The molecule has 1 aromatic heterocycles. The molecule has 0 aliphatic heterocycles. The van der Waals surface area contributed by atoms with Crippen LogP contribution in [0.4, 0.5) is 11.4 Å². The molecule has 2 N–H and O–H groups in total. The molecule has 0 unspecified atom stereocenters. The van der Waals surface area contributed by atoms with Crippen molar-refractivity contribution in [2.24, 2.45) is 0 Å². The standard InChI is InChI=1S/C12H11N.C2H3N3/c1-3-7-11(8-4-1)13-12-9-5-2-6-10-12;1-2-4-5-3-1/h1-10,13H;1-2H,(H,3,4,5). The van der Waals surface area contributed by atoms with Crippen molar-refractivity contribution in [3.8, 4) is 0 Å².